The van der Waals surface area contributed by atoms with Gasteiger partial charge in [0.1, 0.15) is 5.01 Å². The molecular weight excluding hydrogens is 305 g/mol. The van der Waals surface area contributed by atoms with Crippen molar-refractivity contribution >= 4 is 42.1 Å². The highest BCUT2D eigenvalue weighted by atomic mass is 35.5. The first-order valence-corrected chi connectivity index (χ1v) is 7.05. The van der Waals surface area contributed by atoms with Gasteiger partial charge in [0.15, 0.2) is 0 Å². The van der Waals surface area contributed by atoms with Crippen LogP contribution in [0.25, 0.3) is 0 Å². The summed E-state index contributed by atoms with van der Waals surface area (Å²) < 4.78 is 0. The van der Waals surface area contributed by atoms with Crippen LogP contribution in [0.15, 0.2) is 11.6 Å². The van der Waals surface area contributed by atoms with Gasteiger partial charge in [-0.25, -0.2) is 4.98 Å². The number of thiazole rings is 1. The van der Waals surface area contributed by atoms with E-state index in [-0.39, 0.29) is 36.6 Å². The van der Waals surface area contributed by atoms with Crippen LogP contribution < -0.4 is 10.6 Å². The molecule has 3 rings (SSSR count). The number of hydrogen-bond donors (Lipinski definition) is 2. The average molecular weight is 324 g/mol. The summed E-state index contributed by atoms with van der Waals surface area (Å²) in [5.74, 6) is 0.478. The maximum Gasteiger partial charge on any atom is 0.224 e. The molecule has 1 unspecified atom stereocenters. The summed E-state index contributed by atoms with van der Waals surface area (Å²) in [5, 5.41) is 9.28. The second-order valence-corrected chi connectivity index (χ2v) is 5.99. The standard InChI is InChI=1S/C12H17N3OS.2ClH/c16-11(15-8-10-14-5-6-17-10)9-7-12(9)1-3-13-4-2-12;;/h5-6,9,13H,1-4,7-8H2,(H,15,16);2*1H. The predicted octanol–water partition coefficient (Wildman–Crippen LogP) is 1.99. The van der Waals surface area contributed by atoms with Gasteiger partial charge in [0, 0.05) is 17.5 Å². The Morgan fingerprint density at radius 2 is 2.21 bits per heavy atom. The SMILES string of the molecule is Cl.Cl.O=C(NCc1nccs1)C1CC12CCNCC2. The van der Waals surface area contributed by atoms with Crippen LogP contribution >= 0.6 is 36.2 Å². The van der Waals surface area contributed by atoms with Gasteiger partial charge in [-0.1, -0.05) is 0 Å². The molecule has 1 saturated carbocycles. The molecule has 1 atom stereocenters. The molecule has 108 valence electrons. The van der Waals surface area contributed by atoms with Crippen LogP contribution in [-0.2, 0) is 11.3 Å². The third-order valence-corrected chi connectivity index (χ3v) is 4.78. The van der Waals surface area contributed by atoms with Crippen LogP contribution in [0.3, 0.4) is 0 Å². The van der Waals surface area contributed by atoms with Crippen molar-refractivity contribution in [1.82, 2.24) is 15.6 Å². The van der Waals surface area contributed by atoms with Crippen molar-refractivity contribution in [3.8, 4) is 0 Å². The van der Waals surface area contributed by atoms with Crippen molar-refractivity contribution in [3.63, 3.8) is 0 Å². The van der Waals surface area contributed by atoms with Crippen molar-refractivity contribution in [2.75, 3.05) is 13.1 Å². The highest BCUT2D eigenvalue weighted by Crippen LogP contribution is 2.58. The molecule has 1 saturated heterocycles. The summed E-state index contributed by atoms with van der Waals surface area (Å²) in [4.78, 5) is 16.2. The highest BCUT2D eigenvalue weighted by molar-refractivity contribution is 7.09. The molecular formula is C12H19Cl2N3OS. The number of hydrogen-bond acceptors (Lipinski definition) is 4. The van der Waals surface area contributed by atoms with Crippen LogP contribution in [0, 0.1) is 11.3 Å². The number of rotatable bonds is 3. The van der Waals surface area contributed by atoms with Crippen molar-refractivity contribution in [2.45, 2.75) is 25.8 Å². The largest absolute Gasteiger partial charge is 0.349 e. The first-order chi connectivity index (χ1) is 8.30. The minimum Gasteiger partial charge on any atom is -0.349 e. The lowest BCUT2D eigenvalue weighted by Gasteiger charge is -2.23. The number of piperidine rings is 1. The Bertz CT molecular complexity index is 407. The zero-order chi connectivity index (χ0) is 11.7. The van der Waals surface area contributed by atoms with E-state index in [1.165, 1.54) is 0 Å². The predicted molar refractivity (Wildman–Crippen MR) is 81.1 cm³/mol. The Hall–Kier alpha value is -0.360. The number of halogens is 2. The monoisotopic (exact) mass is 323 g/mol. The number of carbonyl (C=O) groups is 1. The van der Waals surface area contributed by atoms with Gasteiger partial charge in [-0.3, -0.25) is 4.79 Å². The number of nitrogens with one attached hydrogen (secondary N) is 2. The van der Waals surface area contributed by atoms with Crippen LogP contribution in [0.5, 0.6) is 0 Å². The van der Waals surface area contributed by atoms with E-state index in [2.05, 4.69) is 15.6 Å². The minimum absolute atomic E-state index is 0. The molecule has 19 heavy (non-hydrogen) atoms. The van der Waals surface area contributed by atoms with E-state index >= 15 is 0 Å². The zero-order valence-corrected chi connectivity index (χ0v) is 13.0. The second kappa shape index (κ2) is 6.88. The Morgan fingerprint density at radius 1 is 1.47 bits per heavy atom. The molecule has 1 spiro atoms. The van der Waals surface area contributed by atoms with Gasteiger partial charge < -0.3 is 10.6 Å². The summed E-state index contributed by atoms with van der Waals surface area (Å²) in [6.07, 6.45) is 5.17. The van der Waals surface area contributed by atoms with E-state index < -0.39 is 0 Å². The molecule has 4 nitrogen and oxygen atoms in total. The maximum atomic E-state index is 12.0. The summed E-state index contributed by atoms with van der Waals surface area (Å²) in [5.41, 5.74) is 0.332. The van der Waals surface area contributed by atoms with E-state index in [1.807, 2.05) is 5.38 Å². The van der Waals surface area contributed by atoms with Crippen molar-refractivity contribution in [1.29, 1.82) is 0 Å². The van der Waals surface area contributed by atoms with Crippen LogP contribution in [0.2, 0.25) is 0 Å². The first-order valence-electron chi connectivity index (χ1n) is 6.17. The summed E-state index contributed by atoms with van der Waals surface area (Å²) in [6.45, 7) is 2.72. The fourth-order valence-corrected chi connectivity index (χ4v) is 3.38. The highest BCUT2D eigenvalue weighted by Gasteiger charge is 2.57. The normalized spacial score (nSPS) is 23.1. The van der Waals surface area contributed by atoms with Crippen LogP contribution in [0.1, 0.15) is 24.3 Å². The Labute approximate surface area is 129 Å². The molecule has 2 aliphatic rings. The van der Waals surface area contributed by atoms with E-state index in [4.69, 9.17) is 0 Å². The topological polar surface area (TPSA) is 54.0 Å². The van der Waals surface area contributed by atoms with E-state index in [0.717, 1.165) is 37.4 Å². The number of carbonyl (C=O) groups excluding carboxylic acids is 1. The van der Waals surface area contributed by atoms with Gasteiger partial charge in [0.2, 0.25) is 5.91 Å². The van der Waals surface area contributed by atoms with Crippen molar-refractivity contribution in [2.24, 2.45) is 11.3 Å². The van der Waals surface area contributed by atoms with E-state index in [1.54, 1.807) is 17.5 Å². The lowest BCUT2D eigenvalue weighted by molar-refractivity contribution is -0.123. The molecule has 2 fully saturated rings. The Morgan fingerprint density at radius 3 is 2.84 bits per heavy atom. The lowest BCUT2D eigenvalue weighted by atomic mass is 9.92. The molecule has 1 aliphatic carbocycles. The van der Waals surface area contributed by atoms with Crippen LogP contribution in [-0.4, -0.2) is 24.0 Å². The molecule has 1 aromatic heterocycles. The number of aromatic nitrogens is 1. The van der Waals surface area contributed by atoms with Gasteiger partial charge in [-0.2, -0.15) is 0 Å². The molecule has 0 aromatic carbocycles. The van der Waals surface area contributed by atoms with Gasteiger partial charge in [-0.05, 0) is 37.8 Å². The third-order valence-electron chi connectivity index (χ3n) is 4.00. The molecule has 0 radical (unpaired) electrons. The number of nitrogens with zero attached hydrogens (tertiary/aromatic N) is 1. The number of amides is 1. The van der Waals surface area contributed by atoms with Gasteiger partial charge in [0.25, 0.3) is 0 Å². The Kier molecular flexibility index (Phi) is 6.05. The minimum atomic E-state index is 0. The second-order valence-electron chi connectivity index (χ2n) is 5.01. The molecule has 1 aliphatic heterocycles. The van der Waals surface area contributed by atoms with Crippen molar-refractivity contribution < 1.29 is 4.79 Å². The smallest absolute Gasteiger partial charge is 0.224 e. The van der Waals surface area contributed by atoms with E-state index in [9.17, 15) is 4.79 Å². The summed E-state index contributed by atoms with van der Waals surface area (Å²) in [6, 6.07) is 0. The molecule has 0 bridgehead atoms. The average Bonchev–Trinajstić information content (AvgIpc) is 2.82. The fraction of sp³-hybridized carbons (Fsp3) is 0.667. The van der Waals surface area contributed by atoms with Gasteiger partial charge in [-0.15, -0.1) is 36.2 Å². The third kappa shape index (κ3) is 3.60. The van der Waals surface area contributed by atoms with Gasteiger partial charge in [0.05, 0.1) is 6.54 Å². The van der Waals surface area contributed by atoms with Crippen molar-refractivity contribution in [3.05, 3.63) is 16.6 Å². The molecule has 7 heteroatoms. The summed E-state index contributed by atoms with van der Waals surface area (Å²) in [7, 11) is 0. The first kappa shape index (κ1) is 16.7. The summed E-state index contributed by atoms with van der Waals surface area (Å²) >= 11 is 1.59. The molecule has 2 N–H and O–H groups in total. The van der Waals surface area contributed by atoms with Crippen LogP contribution in [0.4, 0.5) is 0 Å². The van der Waals surface area contributed by atoms with E-state index in [0.29, 0.717) is 12.0 Å². The molecule has 1 aromatic rings. The maximum absolute atomic E-state index is 12.0. The Balaban J connectivity index is 0.000000902. The fourth-order valence-electron chi connectivity index (χ4n) is 2.82. The molecule has 2 heterocycles. The zero-order valence-electron chi connectivity index (χ0n) is 10.6. The molecule has 1 amide bonds. The quantitative estimate of drug-likeness (QED) is 0.894. The van der Waals surface area contributed by atoms with Gasteiger partial charge >= 0.3 is 0 Å². The lowest BCUT2D eigenvalue weighted by Crippen LogP contribution is -2.33.